The molecule has 2 aliphatic rings. The molecule has 0 aromatic heterocycles. The van der Waals surface area contributed by atoms with Crippen LogP contribution in [-0.2, 0) is 9.31 Å². The molecule has 0 aliphatic carbocycles. The molecule has 0 spiro atoms. The topological polar surface area (TPSA) is 42.5 Å². The third kappa shape index (κ3) is 3.18. The van der Waals surface area contributed by atoms with Gasteiger partial charge in [0.1, 0.15) is 0 Å². The molecule has 4 nitrogen and oxygen atoms in total. The van der Waals surface area contributed by atoms with Gasteiger partial charge in [0.05, 0.1) is 0 Å². The van der Waals surface area contributed by atoms with Crippen LogP contribution in [0.25, 0.3) is 0 Å². The van der Waals surface area contributed by atoms with Gasteiger partial charge in [-0.25, -0.2) is 0 Å². The molecule has 0 saturated heterocycles. The van der Waals surface area contributed by atoms with E-state index in [2.05, 4.69) is 19.9 Å². The summed E-state index contributed by atoms with van der Waals surface area (Å²) in [5.41, 5.74) is 0. The minimum Gasteiger partial charge on any atom is -0.361 e. The summed E-state index contributed by atoms with van der Waals surface area (Å²) in [7, 11) is 0.604. The van der Waals surface area contributed by atoms with E-state index in [0.29, 0.717) is 7.69 Å². The number of hydrogen-bond acceptors (Lipinski definition) is 4. The van der Waals surface area contributed by atoms with Crippen LogP contribution in [0.15, 0.2) is 48.9 Å². The molecule has 0 saturated carbocycles. The normalized spacial score (nSPS) is 34.2. The number of alkyl halides is 2. The SMILES string of the molecule is FC1(O[B]OC2(F)C=CC=CN2)C=CC=CN1. The van der Waals surface area contributed by atoms with Crippen molar-refractivity contribution < 1.29 is 18.1 Å². The van der Waals surface area contributed by atoms with Crippen molar-refractivity contribution in [1.29, 1.82) is 0 Å². The lowest BCUT2D eigenvalue weighted by Crippen LogP contribution is -2.45. The van der Waals surface area contributed by atoms with Crippen LogP contribution in [0.2, 0.25) is 0 Å². The minimum absolute atomic E-state index is 0.604. The number of nitrogens with one attached hydrogen (secondary N) is 2. The van der Waals surface area contributed by atoms with Gasteiger partial charge in [0.15, 0.2) is 0 Å². The summed E-state index contributed by atoms with van der Waals surface area (Å²) in [6.07, 6.45) is 11.1. The Hall–Kier alpha value is -1.60. The first kappa shape index (κ1) is 11.9. The Morgan fingerprint density at radius 2 is 1.29 bits per heavy atom. The number of halogens is 2. The summed E-state index contributed by atoms with van der Waals surface area (Å²) in [6.45, 7) is 0. The van der Waals surface area contributed by atoms with Gasteiger partial charge in [0.2, 0.25) is 0 Å². The molecule has 17 heavy (non-hydrogen) atoms. The molecule has 0 fully saturated rings. The monoisotopic (exact) mass is 239 g/mol. The summed E-state index contributed by atoms with van der Waals surface area (Å²) >= 11 is 0. The molecule has 7 heteroatoms. The second-order valence-electron chi connectivity index (χ2n) is 3.35. The molecule has 2 rings (SSSR count). The summed E-state index contributed by atoms with van der Waals surface area (Å²) in [5, 5.41) is 4.61. The van der Waals surface area contributed by atoms with E-state index in [9.17, 15) is 8.78 Å². The van der Waals surface area contributed by atoms with Crippen LogP contribution in [0.3, 0.4) is 0 Å². The fraction of sp³-hybridized carbons (Fsp3) is 0.200. The predicted molar refractivity (Wildman–Crippen MR) is 58.4 cm³/mol. The zero-order valence-electron chi connectivity index (χ0n) is 8.77. The van der Waals surface area contributed by atoms with Gasteiger partial charge in [-0.3, -0.25) is 0 Å². The van der Waals surface area contributed by atoms with Gasteiger partial charge < -0.3 is 19.9 Å². The van der Waals surface area contributed by atoms with Crippen molar-refractivity contribution in [2.75, 3.05) is 0 Å². The van der Waals surface area contributed by atoms with E-state index < -0.39 is 12.0 Å². The van der Waals surface area contributed by atoms with E-state index in [4.69, 9.17) is 0 Å². The molecule has 2 unspecified atom stereocenters. The van der Waals surface area contributed by atoms with Crippen molar-refractivity contribution in [2.24, 2.45) is 0 Å². The fourth-order valence-electron chi connectivity index (χ4n) is 1.20. The average Bonchev–Trinajstić information content (AvgIpc) is 2.30. The minimum atomic E-state index is -2.22. The highest BCUT2D eigenvalue weighted by atomic mass is 19.2. The van der Waals surface area contributed by atoms with E-state index in [-0.39, 0.29) is 0 Å². The third-order valence-corrected chi connectivity index (χ3v) is 2.04. The Bertz CT molecular complexity index is 364. The maximum absolute atomic E-state index is 13.7. The molecular weight excluding hydrogens is 229 g/mol. The molecular formula is C10H10BF2N2O2. The second kappa shape index (κ2) is 4.73. The molecule has 0 amide bonds. The zero-order chi connectivity index (χ0) is 12.2. The van der Waals surface area contributed by atoms with Crippen LogP contribution in [0.5, 0.6) is 0 Å². The van der Waals surface area contributed by atoms with E-state index in [1.807, 2.05) is 0 Å². The maximum atomic E-state index is 13.7. The van der Waals surface area contributed by atoms with E-state index in [1.54, 1.807) is 12.2 Å². The van der Waals surface area contributed by atoms with Crippen molar-refractivity contribution in [3.63, 3.8) is 0 Å². The summed E-state index contributed by atoms with van der Waals surface area (Å²) < 4.78 is 36.7. The van der Waals surface area contributed by atoms with Crippen LogP contribution in [-0.4, -0.2) is 19.6 Å². The highest BCUT2D eigenvalue weighted by molar-refractivity contribution is 6.18. The quantitative estimate of drug-likeness (QED) is 0.570. The average molecular weight is 239 g/mol. The Morgan fingerprint density at radius 3 is 1.65 bits per heavy atom. The molecule has 2 N–H and O–H groups in total. The number of allylic oxidation sites excluding steroid dienone is 4. The van der Waals surface area contributed by atoms with Gasteiger partial charge in [-0.05, 0) is 12.2 Å². The highest BCUT2D eigenvalue weighted by Gasteiger charge is 2.32. The first-order valence-electron chi connectivity index (χ1n) is 4.91. The number of dihydropyridines is 2. The van der Waals surface area contributed by atoms with Crippen LogP contribution in [0.1, 0.15) is 0 Å². The highest BCUT2D eigenvalue weighted by Crippen LogP contribution is 2.17. The molecule has 2 heterocycles. The third-order valence-electron chi connectivity index (χ3n) is 2.04. The van der Waals surface area contributed by atoms with Crippen molar-refractivity contribution in [2.45, 2.75) is 12.0 Å². The smallest absolute Gasteiger partial charge is 0.361 e. The standard InChI is InChI=1S/C10H10BF2N2O2/c12-9(5-1-3-7-14-9)16-11-17-10(13)6-2-4-8-15-10/h1-8,14-15H. The zero-order valence-corrected chi connectivity index (χ0v) is 8.77. The van der Waals surface area contributed by atoms with E-state index in [0.717, 1.165) is 12.2 Å². The summed E-state index contributed by atoms with van der Waals surface area (Å²) in [6, 6.07) is 0. The Morgan fingerprint density at radius 1 is 0.824 bits per heavy atom. The van der Waals surface area contributed by atoms with Gasteiger partial charge in [0.25, 0.3) is 12.0 Å². The Balaban J connectivity index is 1.80. The van der Waals surface area contributed by atoms with Gasteiger partial charge >= 0.3 is 7.69 Å². The first-order chi connectivity index (χ1) is 8.12. The fourth-order valence-corrected chi connectivity index (χ4v) is 1.20. The van der Waals surface area contributed by atoms with Crippen LogP contribution < -0.4 is 10.6 Å². The lowest BCUT2D eigenvalue weighted by Gasteiger charge is -2.27. The van der Waals surface area contributed by atoms with Crippen LogP contribution >= 0.6 is 0 Å². The number of rotatable bonds is 4. The van der Waals surface area contributed by atoms with Gasteiger partial charge in [0, 0.05) is 24.6 Å². The summed E-state index contributed by atoms with van der Waals surface area (Å²) in [5.74, 6) is -4.45. The van der Waals surface area contributed by atoms with Gasteiger partial charge in [-0.2, -0.15) is 8.78 Å². The number of hydrogen-bond donors (Lipinski definition) is 2. The molecule has 2 aliphatic heterocycles. The van der Waals surface area contributed by atoms with Crippen LogP contribution in [0.4, 0.5) is 8.78 Å². The van der Waals surface area contributed by atoms with Crippen molar-refractivity contribution >= 4 is 7.69 Å². The van der Waals surface area contributed by atoms with E-state index >= 15 is 0 Å². The largest absolute Gasteiger partial charge is 0.495 e. The lowest BCUT2D eigenvalue weighted by molar-refractivity contribution is -0.0920. The molecule has 0 aromatic rings. The van der Waals surface area contributed by atoms with Gasteiger partial charge in [-0.1, -0.05) is 12.2 Å². The lowest BCUT2D eigenvalue weighted by atomic mass is 10.2. The van der Waals surface area contributed by atoms with Gasteiger partial charge in [-0.15, -0.1) is 0 Å². The predicted octanol–water partition coefficient (Wildman–Crippen LogP) is 1.15. The molecule has 0 aromatic carbocycles. The molecule has 2 atom stereocenters. The molecule has 1 radical (unpaired) electrons. The second-order valence-corrected chi connectivity index (χ2v) is 3.35. The first-order valence-corrected chi connectivity index (χ1v) is 4.91. The molecule has 89 valence electrons. The Labute approximate surface area is 98.0 Å². The van der Waals surface area contributed by atoms with Crippen LogP contribution in [0, 0.1) is 0 Å². The maximum Gasteiger partial charge on any atom is 0.495 e. The van der Waals surface area contributed by atoms with E-state index in [1.165, 1.54) is 24.6 Å². The van der Waals surface area contributed by atoms with Crippen molar-refractivity contribution in [1.82, 2.24) is 10.6 Å². The molecule has 0 bridgehead atoms. The Kier molecular flexibility index (Phi) is 3.30. The van der Waals surface area contributed by atoms with Crippen molar-refractivity contribution in [3.8, 4) is 0 Å². The summed E-state index contributed by atoms with van der Waals surface area (Å²) in [4.78, 5) is 0. The van der Waals surface area contributed by atoms with Crippen molar-refractivity contribution in [3.05, 3.63) is 48.9 Å².